The van der Waals surface area contributed by atoms with Gasteiger partial charge in [0.05, 0.1) is 5.69 Å². The highest BCUT2D eigenvalue weighted by Crippen LogP contribution is 2.23. The highest BCUT2D eigenvalue weighted by atomic mass is 16.5. The second-order valence-corrected chi connectivity index (χ2v) is 5.71. The Morgan fingerprint density at radius 2 is 2.04 bits per heavy atom. The SMILES string of the molecule is CCNC(=NCC(C)c1c(C)noc1C)NCCn1cccc1. The number of aliphatic imine (C=N–C) groups is 1. The lowest BCUT2D eigenvalue weighted by Crippen LogP contribution is -2.39. The van der Waals surface area contributed by atoms with E-state index in [2.05, 4.69) is 51.6 Å². The van der Waals surface area contributed by atoms with Crippen molar-refractivity contribution < 1.29 is 4.52 Å². The molecule has 23 heavy (non-hydrogen) atoms. The number of guanidine groups is 1. The van der Waals surface area contributed by atoms with Crippen LogP contribution in [-0.4, -0.2) is 35.3 Å². The van der Waals surface area contributed by atoms with Crippen LogP contribution in [0.3, 0.4) is 0 Å². The summed E-state index contributed by atoms with van der Waals surface area (Å²) in [6.07, 6.45) is 4.12. The number of aryl methyl sites for hydroxylation is 2. The van der Waals surface area contributed by atoms with Gasteiger partial charge in [-0.15, -0.1) is 0 Å². The molecule has 1 atom stereocenters. The highest BCUT2D eigenvalue weighted by molar-refractivity contribution is 5.79. The van der Waals surface area contributed by atoms with Gasteiger partial charge in [0.2, 0.25) is 0 Å². The number of hydrogen-bond acceptors (Lipinski definition) is 3. The van der Waals surface area contributed by atoms with Crippen LogP contribution in [0.4, 0.5) is 0 Å². The topological polar surface area (TPSA) is 67.4 Å². The maximum Gasteiger partial charge on any atom is 0.191 e. The van der Waals surface area contributed by atoms with Gasteiger partial charge >= 0.3 is 0 Å². The van der Waals surface area contributed by atoms with Gasteiger partial charge in [-0.05, 0) is 32.9 Å². The van der Waals surface area contributed by atoms with Gasteiger partial charge in [-0.1, -0.05) is 12.1 Å². The molecule has 2 heterocycles. The molecular weight excluding hydrogens is 290 g/mol. The Labute approximate surface area is 138 Å². The molecule has 0 amide bonds. The van der Waals surface area contributed by atoms with Gasteiger partial charge in [-0.25, -0.2) is 0 Å². The minimum absolute atomic E-state index is 0.279. The zero-order valence-electron chi connectivity index (χ0n) is 14.5. The summed E-state index contributed by atoms with van der Waals surface area (Å²) < 4.78 is 7.39. The zero-order valence-corrected chi connectivity index (χ0v) is 14.5. The fourth-order valence-corrected chi connectivity index (χ4v) is 2.68. The van der Waals surface area contributed by atoms with Crippen LogP contribution in [0.2, 0.25) is 0 Å². The number of hydrogen-bond donors (Lipinski definition) is 2. The van der Waals surface area contributed by atoms with Crippen molar-refractivity contribution in [2.24, 2.45) is 4.99 Å². The van der Waals surface area contributed by atoms with E-state index in [4.69, 9.17) is 4.52 Å². The Morgan fingerprint density at radius 1 is 1.30 bits per heavy atom. The fraction of sp³-hybridized carbons (Fsp3) is 0.529. The third-order valence-corrected chi connectivity index (χ3v) is 3.78. The lowest BCUT2D eigenvalue weighted by Gasteiger charge is -2.14. The molecule has 6 heteroatoms. The van der Waals surface area contributed by atoms with Gasteiger partial charge < -0.3 is 19.7 Å². The highest BCUT2D eigenvalue weighted by Gasteiger charge is 2.16. The van der Waals surface area contributed by atoms with E-state index in [1.807, 2.05) is 26.0 Å². The summed E-state index contributed by atoms with van der Waals surface area (Å²) in [5.41, 5.74) is 2.12. The summed E-state index contributed by atoms with van der Waals surface area (Å²) in [5, 5.41) is 10.7. The standard InChI is InChI=1S/C17H27N5O/c1-5-18-17(19-8-11-22-9-6-7-10-22)20-12-13(2)16-14(3)21-23-15(16)4/h6-7,9-10,13H,5,8,11-12H2,1-4H3,(H2,18,19,20). The lowest BCUT2D eigenvalue weighted by atomic mass is 10.00. The predicted molar refractivity (Wildman–Crippen MR) is 92.8 cm³/mol. The Hall–Kier alpha value is -2.24. The van der Waals surface area contributed by atoms with Crippen molar-refractivity contribution in [2.75, 3.05) is 19.6 Å². The molecule has 2 aromatic heterocycles. The van der Waals surface area contributed by atoms with Crippen LogP contribution in [-0.2, 0) is 6.54 Å². The molecule has 0 aliphatic carbocycles. The van der Waals surface area contributed by atoms with E-state index in [1.165, 1.54) is 0 Å². The Balaban J connectivity index is 1.90. The molecule has 0 aliphatic rings. The molecule has 0 spiro atoms. The molecule has 6 nitrogen and oxygen atoms in total. The summed E-state index contributed by atoms with van der Waals surface area (Å²) in [5.74, 6) is 2.01. The Kier molecular flexibility index (Phi) is 6.26. The average molecular weight is 317 g/mol. The van der Waals surface area contributed by atoms with Crippen LogP contribution in [0.15, 0.2) is 34.0 Å². The molecule has 0 radical (unpaired) electrons. The molecule has 2 rings (SSSR count). The smallest absolute Gasteiger partial charge is 0.191 e. The molecule has 1 unspecified atom stereocenters. The predicted octanol–water partition coefficient (Wildman–Crippen LogP) is 2.45. The molecule has 0 saturated heterocycles. The Bertz CT molecular complexity index is 595. The second-order valence-electron chi connectivity index (χ2n) is 5.71. The quantitative estimate of drug-likeness (QED) is 0.608. The molecule has 2 N–H and O–H groups in total. The molecule has 0 aromatic carbocycles. The van der Waals surface area contributed by atoms with Crippen LogP contribution >= 0.6 is 0 Å². The van der Waals surface area contributed by atoms with Crippen LogP contribution in [0.25, 0.3) is 0 Å². The summed E-state index contributed by atoms with van der Waals surface area (Å²) in [7, 11) is 0. The van der Waals surface area contributed by atoms with Gasteiger partial charge in [-0.2, -0.15) is 0 Å². The van der Waals surface area contributed by atoms with Crippen molar-refractivity contribution in [3.8, 4) is 0 Å². The van der Waals surface area contributed by atoms with E-state index in [0.29, 0.717) is 6.54 Å². The van der Waals surface area contributed by atoms with E-state index < -0.39 is 0 Å². The minimum atomic E-state index is 0.279. The summed E-state index contributed by atoms with van der Waals surface area (Å²) in [6, 6.07) is 4.06. The van der Waals surface area contributed by atoms with E-state index in [9.17, 15) is 0 Å². The maximum absolute atomic E-state index is 5.24. The summed E-state index contributed by atoms with van der Waals surface area (Å²) in [6.45, 7) is 11.4. The van der Waals surface area contributed by atoms with Crippen LogP contribution in [0.5, 0.6) is 0 Å². The first-order valence-corrected chi connectivity index (χ1v) is 8.17. The van der Waals surface area contributed by atoms with Gasteiger partial charge in [0.25, 0.3) is 0 Å². The van der Waals surface area contributed by atoms with E-state index in [1.54, 1.807) is 0 Å². The van der Waals surface area contributed by atoms with Crippen LogP contribution < -0.4 is 10.6 Å². The molecule has 2 aromatic rings. The molecule has 0 saturated carbocycles. The van der Waals surface area contributed by atoms with Crippen molar-refractivity contribution in [3.63, 3.8) is 0 Å². The molecular formula is C17H27N5O. The largest absolute Gasteiger partial charge is 0.361 e. The van der Waals surface area contributed by atoms with Crippen molar-refractivity contribution in [3.05, 3.63) is 41.5 Å². The fourth-order valence-electron chi connectivity index (χ4n) is 2.68. The van der Waals surface area contributed by atoms with Gasteiger partial charge in [0, 0.05) is 50.1 Å². The lowest BCUT2D eigenvalue weighted by molar-refractivity contribution is 0.391. The van der Waals surface area contributed by atoms with Crippen LogP contribution in [0.1, 0.15) is 36.8 Å². The summed E-state index contributed by atoms with van der Waals surface area (Å²) in [4.78, 5) is 4.69. The average Bonchev–Trinajstić information content (AvgIpc) is 3.15. The number of aromatic nitrogens is 2. The zero-order chi connectivity index (χ0) is 16.7. The van der Waals surface area contributed by atoms with Gasteiger partial charge in [-0.3, -0.25) is 4.99 Å². The van der Waals surface area contributed by atoms with E-state index in [0.717, 1.165) is 42.6 Å². The van der Waals surface area contributed by atoms with Gasteiger partial charge in [0.1, 0.15) is 5.76 Å². The number of nitrogens with zero attached hydrogens (tertiary/aromatic N) is 3. The molecule has 126 valence electrons. The molecule has 0 bridgehead atoms. The monoisotopic (exact) mass is 317 g/mol. The summed E-state index contributed by atoms with van der Waals surface area (Å²) >= 11 is 0. The first kappa shape index (κ1) is 17.1. The third kappa shape index (κ3) is 4.87. The second kappa shape index (κ2) is 8.41. The number of nitrogens with one attached hydrogen (secondary N) is 2. The van der Waals surface area contributed by atoms with Crippen molar-refractivity contribution >= 4 is 5.96 Å². The van der Waals surface area contributed by atoms with Crippen LogP contribution in [0, 0.1) is 13.8 Å². The van der Waals surface area contributed by atoms with E-state index >= 15 is 0 Å². The molecule has 0 aliphatic heterocycles. The first-order valence-electron chi connectivity index (χ1n) is 8.17. The Morgan fingerprint density at radius 3 is 2.65 bits per heavy atom. The van der Waals surface area contributed by atoms with Crippen molar-refractivity contribution in [2.45, 2.75) is 40.2 Å². The third-order valence-electron chi connectivity index (χ3n) is 3.78. The van der Waals surface area contributed by atoms with Crippen molar-refractivity contribution in [1.82, 2.24) is 20.4 Å². The van der Waals surface area contributed by atoms with Gasteiger partial charge in [0.15, 0.2) is 5.96 Å². The molecule has 0 fully saturated rings. The van der Waals surface area contributed by atoms with Crippen molar-refractivity contribution in [1.29, 1.82) is 0 Å². The normalized spacial score (nSPS) is 13.1. The van der Waals surface area contributed by atoms with E-state index in [-0.39, 0.29) is 5.92 Å². The number of rotatable bonds is 7. The maximum atomic E-state index is 5.24. The first-order chi connectivity index (χ1) is 11.1. The minimum Gasteiger partial charge on any atom is -0.361 e.